The Labute approximate surface area is 109 Å². The van der Waals surface area contributed by atoms with Gasteiger partial charge in [-0.25, -0.2) is 4.98 Å². The first-order valence-corrected chi connectivity index (χ1v) is 6.50. The first-order valence-electron chi connectivity index (χ1n) is 5.62. The molecular formula is C14H11N3S. The highest BCUT2D eigenvalue weighted by Crippen LogP contribution is 2.29. The first-order chi connectivity index (χ1) is 8.84. The fourth-order valence-corrected chi connectivity index (χ4v) is 2.61. The van der Waals surface area contributed by atoms with Gasteiger partial charge in [-0.05, 0) is 30.7 Å². The number of aryl methyl sites for hydroxylation is 1. The fraction of sp³-hybridized carbons (Fsp3) is 0.0714. The second-order valence-corrected chi connectivity index (χ2v) is 4.80. The number of rotatable bonds is 2. The molecule has 88 valence electrons. The highest BCUT2D eigenvalue weighted by Gasteiger charge is 2.09. The molecule has 3 aromatic heterocycles. The third-order valence-electron chi connectivity index (χ3n) is 2.70. The zero-order chi connectivity index (χ0) is 12.4. The maximum absolute atomic E-state index is 4.63. The van der Waals surface area contributed by atoms with Crippen molar-refractivity contribution in [3.8, 4) is 22.0 Å². The first kappa shape index (κ1) is 11.0. The second-order valence-electron chi connectivity index (χ2n) is 3.94. The van der Waals surface area contributed by atoms with E-state index in [4.69, 9.17) is 0 Å². The van der Waals surface area contributed by atoms with Crippen molar-refractivity contribution in [2.75, 3.05) is 0 Å². The number of pyridine rings is 2. The zero-order valence-electron chi connectivity index (χ0n) is 9.87. The number of hydrogen-bond acceptors (Lipinski definition) is 4. The molecule has 0 bridgehead atoms. The summed E-state index contributed by atoms with van der Waals surface area (Å²) in [5.74, 6) is 0. The number of nitrogens with zero attached hydrogens (tertiary/aromatic N) is 3. The summed E-state index contributed by atoms with van der Waals surface area (Å²) in [6.45, 7) is 2.07. The largest absolute Gasteiger partial charge is 0.264 e. The van der Waals surface area contributed by atoms with Crippen molar-refractivity contribution in [3.05, 3.63) is 53.8 Å². The minimum absolute atomic E-state index is 0.904. The molecule has 0 amide bonds. The lowest BCUT2D eigenvalue weighted by Gasteiger charge is -1.99. The number of hydrogen-bond donors (Lipinski definition) is 0. The highest BCUT2D eigenvalue weighted by molar-refractivity contribution is 7.13. The molecule has 18 heavy (non-hydrogen) atoms. The standard InChI is InChI=1S/C14H11N3S/c1-10-5-7-15-8-11(10)14-17-13(9-18-14)12-4-2-3-6-16-12/h2-9H,1H3. The lowest BCUT2D eigenvalue weighted by atomic mass is 10.2. The summed E-state index contributed by atoms with van der Waals surface area (Å²) >= 11 is 1.62. The predicted octanol–water partition coefficient (Wildman–Crippen LogP) is 3.58. The Morgan fingerprint density at radius 1 is 1.06 bits per heavy atom. The van der Waals surface area contributed by atoms with Gasteiger partial charge in [0, 0.05) is 29.5 Å². The maximum atomic E-state index is 4.63. The molecule has 0 radical (unpaired) electrons. The van der Waals surface area contributed by atoms with E-state index in [1.165, 1.54) is 5.56 Å². The predicted molar refractivity (Wildman–Crippen MR) is 73.3 cm³/mol. The van der Waals surface area contributed by atoms with Crippen molar-refractivity contribution in [1.29, 1.82) is 0 Å². The minimum Gasteiger partial charge on any atom is -0.264 e. The van der Waals surface area contributed by atoms with Crippen LogP contribution >= 0.6 is 11.3 Å². The van der Waals surface area contributed by atoms with E-state index in [2.05, 4.69) is 21.9 Å². The van der Waals surface area contributed by atoms with Gasteiger partial charge in [-0.2, -0.15) is 0 Å². The smallest absolute Gasteiger partial charge is 0.125 e. The van der Waals surface area contributed by atoms with Crippen LogP contribution in [0.4, 0.5) is 0 Å². The zero-order valence-corrected chi connectivity index (χ0v) is 10.7. The molecule has 4 heteroatoms. The van der Waals surface area contributed by atoms with E-state index < -0.39 is 0 Å². The van der Waals surface area contributed by atoms with Crippen molar-refractivity contribution >= 4 is 11.3 Å². The van der Waals surface area contributed by atoms with Crippen LogP contribution in [0.3, 0.4) is 0 Å². The molecule has 0 aliphatic rings. The molecule has 0 fully saturated rings. The molecule has 3 heterocycles. The minimum atomic E-state index is 0.904. The van der Waals surface area contributed by atoms with E-state index in [0.29, 0.717) is 0 Å². The monoisotopic (exact) mass is 253 g/mol. The van der Waals surface area contributed by atoms with Crippen LogP contribution in [0.2, 0.25) is 0 Å². The summed E-state index contributed by atoms with van der Waals surface area (Å²) in [5.41, 5.74) is 4.09. The molecule has 0 aromatic carbocycles. The Hall–Kier alpha value is -2.07. The lowest BCUT2D eigenvalue weighted by Crippen LogP contribution is -1.85. The van der Waals surface area contributed by atoms with Gasteiger partial charge in [0.25, 0.3) is 0 Å². The summed E-state index contributed by atoms with van der Waals surface area (Å²) < 4.78 is 0. The molecule has 0 atom stereocenters. The molecule has 0 unspecified atom stereocenters. The van der Waals surface area contributed by atoms with Crippen molar-refractivity contribution in [3.63, 3.8) is 0 Å². The van der Waals surface area contributed by atoms with Gasteiger partial charge in [0.2, 0.25) is 0 Å². The van der Waals surface area contributed by atoms with Crippen LogP contribution in [0.5, 0.6) is 0 Å². The van der Waals surface area contributed by atoms with Gasteiger partial charge in [-0.15, -0.1) is 11.3 Å². The van der Waals surface area contributed by atoms with E-state index >= 15 is 0 Å². The number of thiazole rings is 1. The van der Waals surface area contributed by atoms with E-state index in [1.807, 2.05) is 35.8 Å². The van der Waals surface area contributed by atoms with Gasteiger partial charge in [0.1, 0.15) is 10.7 Å². The van der Waals surface area contributed by atoms with Crippen LogP contribution in [-0.2, 0) is 0 Å². The molecule has 0 N–H and O–H groups in total. The second kappa shape index (κ2) is 4.66. The fourth-order valence-electron chi connectivity index (χ4n) is 1.72. The Morgan fingerprint density at radius 2 is 2.00 bits per heavy atom. The van der Waals surface area contributed by atoms with Gasteiger partial charge in [0.15, 0.2) is 0 Å². The van der Waals surface area contributed by atoms with Crippen molar-refractivity contribution in [2.45, 2.75) is 6.92 Å². The third kappa shape index (κ3) is 2.02. The Balaban J connectivity index is 2.03. The molecule has 3 nitrogen and oxygen atoms in total. The average Bonchev–Trinajstić information content (AvgIpc) is 2.90. The van der Waals surface area contributed by atoms with E-state index in [9.17, 15) is 0 Å². The summed E-state index contributed by atoms with van der Waals surface area (Å²) in [4.78, 5) is 13.1. The SMILES string of the molecule is Cc1ccncc1-c1nc(-c2ccccn2)cs1. The van der Waals surface area contributed by atoms with Crippen molar-refractivity contribution in [2.24, 2.45) is 0 Å². The molecule has 3 rings (SSSR count). The van der Waals surface area contributed by atoms with Gasteiger partial charge < -0.3 is 0 Å². The molecule has 0 spiro atoms. The van der Waals surface area contributed by atoms with Gasteiger partial charge >= 0.3 is 0 Å². The van der Waals surface area contributed by atoms with E-state index in [0.717, 1.165) is 22.0 Å². The van der Waals surface area contributed by atoms with Gasteiger partial charge in [-0.1, -0.05) is 6.07 Å². The molecule has 3 aromatic rings. The Bertz CT molecular complexity index is 662. The van der Waals surface area contributed by atoms with E-state index in [1.54, 1.807) is 23.7 Å². The Kier molecular flexibility index (Phi) is 2.86. The molecule has 0 saturated heterocycles. The van der Waals surface area contributed by atoms with E-state index in [-0.39, 0.29) is 0 Å². The number of aromatic nitrogens is 3. The highest BCUT2D eigenvalue weighted by atomic mass is 32.1. The summed E-state index contributed by atoms with van der Waals surface area (Å²) in [6, 6.07) is 7.84. The van der Waals surface area contributed by atoms with Crippen LogP contribution < -0.4 is 0 Å². The normalized spacial score (nSPS) is 10.5. The summed E-state index contributed by atoms with van der Waals surface area (Å²) in [6.07, 6.45) is 5.44. The molecule has 0 aliphatic heterocycles. The lowest BCUT2D eigenvalue weighted by molar-refractivity contribution is 1.25. The summed E-state index contributed by atoms with van der Waals surface area (Å²) in [5, 5.41) is 3.02. The van der Waals surface area contributed by atoms with Gasteiger partial charge in [0.05, 0.1) is 5.69 Å². The van der Waals surface area contributed by atoms with Crippen LogP contribution in [0.25, 0.3) is 22.0 Å². The molecule has 0 saturated carbocycles. The van der Waals surface area contributed by atoms with Crippen LogP contribution in [0, 0.1) is 6.92 Å². The third-order valence-corrected chi connectivity index (χ3v) is 3.58. The van der Waals surface area contributed by atoms with Crippen LogP contribution in [0.1, 0.15) is 5.56 Å². The topological polar surface area (TPSA) is 38.7 Å². The molecular weight excluding hydrogens is 242 g/mol. The average molecular weight is 253 g/mol. The van der Waals surface area contributed by atoms with Crippen molar-refractivity contribution < 1.29 is 0 Å². The van der Waals surface area contributed by atoms with Crippen molar-refractivity contribution in [1.82, 2.24) is 15.0 Å². The quantitative estimate of drug-likeness (QED) is 0.700. The molecule has 0 aliphatic carbocycles. The Morgan fingerprint density at radius 3 is 2.78 bits per heavy atom. The van der Waals surface area contributed by atoms with Crippen LogP contribution in [0.15, 0.2) is 48.2 Å². The summed E-state index contributed by atoms with van der Waals surface area (Å²) in [7, 11) is 0. The van der Waals surface area contributed by atoms with Gasteiger partial charge in [-0.3, -0.25) is 9.97 Å². The van der Waals surface area contributed by atoms with Crippen LogP contribution in [-0.4, -0.2) is 15.0 Å². The maximum Gasteiger partial charge on any atom is 0.125 e.